The van der Waals surface area contributed by atoms with Crippen molar-refractivity contribution in [2.24, 2.45) is 0 Å². The van der Waals surface area contributed by atoms with E-state index < -0.39 is 0 Å². The molecule has 0 aliphatic rings. The molecule has 2 rings (SSSR count). The third kappa shape index (κ3) is 2.02. The lowest BCUT2D eigenvalue weighted by atomic mass is 10.1. The molecule has 2 N–H and O–H groups in total. The Labute approximate surface area is 99.0 Å². The number of carbonyl (C=O) groups excluding carboxylic acids is 1. The second kappa shape index (κ2) is 4.20. The molecule has 2 aromatic rings. The Bertz CT molecular complexity index is 572. The van der Waals surface area contributed by atoms with Crippen LogP contribution in [0.5, 0.6) is 0 Å². The summed E-state index contributed by atoms with van der Waals surface area (Å²) < 4.78 is 13.5. The molecule has 0 atom stereocenters. The SMILES string of the molecule is Cc1[nH]c2c(F)cccc2c1C(=O)NC(C)C. The zero-order valence-corrected chi connectivity index (χ0v) is 10.1. The number of aromatic amines is 1. The van der Waals surface area contributed by atoms with E-state index in [-0.39, 0.29) is 17.8 Å². The van der Waals surface area contributed by atoms with Crippen LogP contribution in [0.3, 0.4) is 0 Å². The van der Waals surface area contributed by atoms with Crippen molar-refractivity contribution in [2.75, 3.05) is 0 Å². The Kier molecular flexibility index (Phi) is 2.88. The largest absolute Gasteiger partial charge is 0.356 e. The Morgan fingerprint density at radius 2 is 2.12 bits per heavy atom. The van der Waals surface area contributed by atoms with E-state index in [4.69, 9.17) is 0 Å². The van der Waals surface area contributed by atoms with Gasteiger partial charge in [0.05, 0.1) is 11.1 Å². The van der Waals surface area contributed by atoms with Crippen LogP contribution in [-0.2, 0) is 0 Å². The number of amides is 1. The van der Waals surface area contributed by atoms with Gasteiger partial charge >= 0.3 is 0 Å². The van der Waals surface area contributed by atoms with E-state index in [0.29, 0.717) is 22.2 Å². The van der Waals surface area contributed by atoms with Crippen LogP contribution in [0.1, 0.15) is 29.9 Å². The van der Waals surface area contributed by atoms with Gasteiger partial charge in [0.25, 0.3) is 5.91 Å². The second-order valence-electron chi connectivity index (χ2n) is 4.42. The first kappa shape index (κ1) is 11.6. The number of aromatic nitrogens is 1. The molecule has 90 valence electrons. The fourth-order valence-electron chi connectivity index (χ4n) is 1.94. The number of fused-ring (bicyclic) bond motifs is 1. The van der Waals surface area contributed by atoms with Gasteiger partial charge in [0.1, 0.15) is 5.82 Å². The lowest BCUT2D eigenvalue weighted by Gasteiger charge is -2.08. The first-order chi connectivity index (χ1) is 8.00. The van der Waals surface area contributed by atoms with Gasteiger partial charge in [-0.15, -0.1) is 0 Å². The van der Waals surface area contributed by atoms with Gasteiger partial charge in [-0.2, -0.15) is 0 Å². The molecule has 0 fully saturated rings. The van der Waals surface area contributed by atoms with Crippen molar-refractivity contribution in [3.8, 4) is 0 Å². The number of nitrogens with one attached hydrogen (secondary N) is 2. The summed E-state index contributed by atoms with van der Waals surface area (Å²) in [6.45, 7) is 5.56. The summed E-state index contributed by atoms with van der Waals surface area (Å²) >= 11 is 0. The topological polar surface area (TPSA) is 44.9 Å². The number of para-hydroxylation sites is 1. The molecule has 1 aromatic carbocycles. The van der Waals surface area contributed by atoms with Crippen molar-refractivity contribution < 1.29 is 9.18 Å². The highest BCUT2D eigenvalue weighted by Gasteiger charge is 2.17. The summed E-state index contributed by atoms with van der Waals surface area (Å²) in [6.07, 6.45) is 0. The summed E-state index contributed by atoms with van der Waals surface area (Å²) in [7, 11) is 0. The summed E-state index contributed by atoms with van der Waals surface area (Å²) in [5.41, 5.74) is 1.59. The van der Waals surface area contributed by atoms with Crippen molar-refractivity contribution in [1.82, 2.24) is 10.3 Å². The van der Waals surface area contributed by atoms with Gasteiger partial charge in [-0.25, -0.2) is 4.39 Å². The zero-order valence-electron chi connectivity index (χ0n) is 10.1. The molecule has 0 aliphatic carbocycles. The van der Waals surface area contributed by atoms with E-state index in [1.54, 1.807) is 19.1 Å². The van der Waals surface area contributed by atoms with Crippen LogP contribution in [0.2, 0.25) is 0 Å². The molecule has 0 unspecified atom stereocenters. The van der Waals surface area contributed by atoms with E-state index >= 15 is 0 Å². The molecule has 0 radical (unpaired) electrons. The van der Waals surface area contributed by atoms with E-state index in [1.807, 2.05) is 13.8 Å². The molecule has 0 bridgehead atoms. The standard InChI is InChI=1S/C13H15FN2O/c1-7(2)15-13(17)11-8(3)16-12-9(11)5-4-6-10(12)14/h4-7,16H,1-3H3,(H,15,17). The van der Waals surface area contributed by atoms with Gasteiger partial charge in [-0.05, 0) is 26.8 Å². The fraction of sp³-hybridized carbons (Fsp3) is 0.308. The van der Waals surface area contributed by atoms with Gasteiger partial charge in [-0.3, -0.25) is 4.79 Å². The van der Waals surface area contributed by atoms with Crippen LogP contribution < -0.4 is 5.32 Å². The minimum absolute atomic E-state index is 0.0559. The predicted molar refractivity (Wildman–Crippen MR) is 65.6 cm³/mol. The van der Waals surface area contributed by atoms with E-state index in [9.17, 15) is 9.18 Å². The highest BCUT2D eigenvalue weighted by atomic mass is 19.1. The van der Waals surface area contributed by atoms with Crippen molar-refractivity contribution >= 4 is 16.8 Å². The summed E-state index contributed by atoms with van der Waals surface area (Å²) in [6, 6.07) is 4.79. The number of halogens is 1. The Morgan fingerprint density at radius 1 is 1.41 bits per heavy atom. The smallest absolute Gasteiger partial charge is 0.253 e. The second-order valence-corrected chi connectivity index (χ2v) is 4.42. The average molecular weight is 234 g/mol. The van der Waals surface area contributed by atoms with E-state index in [2.05, 4.69) is 10.3 Å². The van der Waals surface area contributed by atoms with Crippen LogP contribution >= 0.6 is 0 Å². The third-order valence-electron chi connectivity index (χ3n) is 2.62. The first-order valence-corrected chi connectivity index (χ1v) is 5.58. The maximum absolute atomic E-state index is 13.5. The molecule has 4 heteroatoms. The number of H-pyrrole nitrogens is 1. The Hall–Kier alpha value is -1.84. The molecule has 1 amide bonds. The van der Waals surface area contributed by atoms with Gasteiger partial charge in [0, 0.05) is 17.1 Å². The van der Waals surface area contributed by atoms with Crippen LogP contribution in [0, 0.1) is 12.7 Å². The number of hydrogen-bond acceptors (Lipinski definition) is 1. The first-order valence-electron chi connectivity index (χ1n) is 5.58. The molecule has 0 saturated heterocycles. The highest BCUT2D eigenvalue weighted by molar-refractivity contribution is 6.08. The lowest BCUT2D eigenvalue weighted by Crippen LogP contribution is -2.30. The predicted octanol–water partition coefficient (Wildman–Crippen LogP) is 2.75. The molecule has 0 aliphatic heterocycles. The average Bonchev–Trinajstić information content (AvgIpc) is 2.55. The van der Waals surface area contributed by atoms with Gasteiger partial charge < -0.3 is 10.3 Å². The number of rotatable bonds is 2. The fourth-order valence-corrected chi connectivity index (χ4v) is 1.94. The number of benzene rings is 1. The summed E-state index contributed by atoms with van der Waals surface area (Å²) in [4.78, 5) is 14.9. The summed E-state index contributed by atoms with van der Waals surface area (Å²) in [5.74, 6) is -0.511. The normalized spacial score (nSPS) is 11.1. The zero-order chi connectivity index (χ0) is 12.6. The minimum Gasteiger partial charge on any atom is -0.356 e. The lowest BCUT2D eigenvalue weighted by molar-refractivity contribution is 0.0944. The molecular weight excluding hydrogens is 219 g/mol. The van der Waals surface area contributed by atoms with Crippen LogP contribution in [0.15, 0.2) is 18.2 Å². The minimum atomic E-state index is -0.339. The number of aryl methyl sites for hydroxylation is 1. The summed E-state index contributed by atoms with van der Waals surface area (Å²) in [5, 5.41) is 3.44. The maximum atomic E-state index is 13.5. The quantitative estimate of drug-likeness (QED) is 0.824. The van der Waals surface area contributed by atoms with E-state index in [0.717, 1.165) is 0 Å². The number of hydrogen-bond donors (Lipinski definition) is 2. The Morgan fingerprint density at radius 3 is 2.76 bits per heavy atom. The maximum Gasteiger partial charge on any atom is 0.253 e. The third-order valence-corrected chi connectivity index (χ3v) is 2.62. The molecule has 0 saturated carbocycles. The molecular formula is C13H15FN2O. The molecule has 1 aromatic heterocycles. The molecule has 3 nitrogen and oxygen atoms in total. The van der Waals surface area contributed by atoms with Crippen molar-refractivity contribution in [3.05, 3.63) is 35.3 Å². The Balaban J connectivity index is 2.57. The molecule has 17 heavy (non-hydrogen) atoms. The molecule has 1 heterocycles. The number of carbonyl (C=O) groups is 1. The highest BCUT2D eigenvalue weighted by Crippen LogP contribution is 2.24. The van der Waals surface area contributed by atoms with Crippen LogP contribution in [0.4, 0.5) is 4.39 Å². The molecule has 0 spiro atoms. The van der Waals surface area contributed by atoms with Crippen LogP contribution in [-0.4, -0.2) is 16.9 Å². The monoisotopic (exact) mass is 234 g/mol. The van der Waals surface area contributed by atoms with Crippen molar-refractivity contribution in [2.45, 2.75) is 26.8 Å². The van der Waals surface area contributed by atoms with Crippen LogP contribution in [0.25, 0.3) is 10.9 Å². The van der Waals surface area contributed by atoms with Gasteiger partial charge in [0.2, 0.25) is 0 Å². The van der Waals surface area contributed by atoms with Gasteiger partial charge in [0.15, 0.2) is 0 Å². The van der Waals surface area contributed by atoms with Gasteiger partial charge in [-0.1, -0.05) is 12.1 Å². The van der Waals surface area contributed by atoms with Crippen molar-refractivity contribution in [3.63, 3.8) is 0 Å². The van der Waals surface area contributed by atoms with Crippen molar-refractivity contribution in [1.29, 1.82) is 0 Å². The van der Waals surface area contributed by atoms with E-state index in [1.165, 1.54) is 6.07 Å².